The molecule has 1 rings (SSSR count). The van der Waals surface area contributed by atoms with Gasteiger partial charge in [0.15, 0.2) is 0 Å². The molecule has 0 heterocycles. The predicted octanol–water partition coefficient (Wildman–Crippen LogP) is 3.02. The summed E-state index contributed by atoms with van der Waals surface area (Å²) in [5.74, 6) is 0. The second-order valence-electron chi connectivity index (χ2n) is 5.69. The molecule has 106 valence electrons. The smallest absolute Gasteiger partial charge is 0.408 e. The van der Waals surface area contributed by atoms with Gasteiger partial charge in [-0.1, -0.05) is 30.3 Å². The lowest BCUT2D eigenvalue weighted by Crippen LogP contribution is -2.36. The lowest BCUT2D eigenvalue weighted by atomic mass is 10.0. The van der Waals surface area contributed by atoms with Crippen LogP contribution in [0.2, 0.25) is 0 Å². The molecule has 0 aliphatic heterocycles. The quantitative estimate of drug-likeness (QED) is 0.879. The Kier molecular flexibility index (Phi) is 5.36. The van der Waals surface area contributed by atoms with Crippen LogP contribution in [0.4, 0.5) is 4.79 Å². The first-order chi connectivity index (χ1) is 8.78. The van der Waals surface area contributed by atoms with E-state index in [1.54, 1.807) is 6.92 Å². The molecule has 0 aliphatic carbocycles. The van der Waals surface area contributed by atoms with Crippen LogP contribution >= 0.6 is 0 Å². The van der Waals surface area contributed by atoms with Gasteiger partial charge in [-0.25, -0.2) is 4.79 Å². The fourth-order valence-corrected chi connectivity index (χ4v) is 1.75. The summed E-state index contributed by atoms with van der Waals surface area (Å²) in [6.45, 7) is 7.16. The zero-order valence-corrected chi connectivity index (χ0v) is 12.0. The number of amides is 1. The molecule has 1 amide bonds. The van der Waals surface area contributed by atoms with E-state index in [4.69, 9.17) is 4.74 Å². The molecule has 0 aromatic heterocycles. The van der Waals surface area contributed by atoms with Gasteiger partial charge in [-0.3, -0.25) is 0 Å². The molecular formula is C15H23NO3. The monoisotopic (exact) mass is 265 g/mol. The Morgan fingerprint density at radius 1 is 1.32 bits per heavy atom. The largest absolute Gasteiger partial charge is 0.444 e. The van der Waals surface area contributed by atoms with Crippen LogP contribution in [-0.2, 0) is 4.74 Å². The summed E-state index contributed by atoms with van der Waals surface area (Å²) in [4.78, 5) is 11.8. The van der Waals surface area contributed by atoms with Crippen molar-refractivity contribution >= 4 is 6.09 Å². The average molecular weight is 265 g/mol. The first kappa shape index (κ1) is 15.5. The molecule has 0 bridgehead atoms. The number of aliphatic hydroxyl groups excluding tert-OH is 1. The minimum absolute atomic E-state index is 0.254. The van der Waals surface area contributed by atoms with E-state index in [0.717, 1.165) is 5.56 Å². The van der Waals surface area contributed by atoms with Crippen molar-refractivity contribution < 1.29 is 14.6 Å². The number of aliphatic hydroxyl groups is 1. The van der Waals surface area contributed by atoms with Crippen molar-refractivity contribution in [2.24, 2.45) is 0 Å². The third-order valence-corrected chi connectivity index (χ3v) is 2.47. The lowest BCUT2D eigenvalue weighted by Gasteiger charge is -2.24. The molecule has 2 unspecified atom stereocenters. The summed E-state index contributed by atoms with van der Waals surface area (Å²) in [6, 6.07) is 9.31. The van der Waals surface area contributed by atoms with Gasteiger partial charge in [0.05, 0.1) is 12.1 Å². The van der Waals surface area contributed by atoms with Crippen LogP contribution in [0.5, 0.6) is 0 Å². The molecule has 4 nitrogen and oxygen atoms in total. The number of carbonyl (C=O) groups is 1. The molecule has 0 saturated carbocycles. The van der Waals surface area contributed by atoms with Gasteiger partial charge >= 0.3 is 6.09 Å². The molecule has 0 saturated heterocycles. The summed E-state index contributed by atoms with van der Waals surface area (Å²) in [5, 5.41) is 12.3. The topological polar surface area (TPSA) is 58.6 Å². The van der Waals surface area contributed by atoms with E-state index in [1.807, 2.05) is 51.1 Å². The second-order valence-corrected chi connectivity index (χ2v) is 5.69. The fraction of sp³-hybridized carbons (Fsp3) is 0.533. The summed E-state index contributed by atoms with van der Waals surface area (Å²) in [6.07, 6.45) is -0.523. The van der Waals surface area contributed by atoms with Gasteiger partial charge in [-0.05, 0) is 39.7 Å². The van der Waals surface area contributed by atoms with Crippen LogP contribution in [0.15, 0.2) is 30.3 Å². The van der Waals surface area contributed by atoms with Crippen molar-refractivity contribution in [3.63, 3.8) is 0 Å². The average Bonchev–Trinajstić information content (AvgIpc) is 2.26. The van der Waals surface area contributed by atoms with Gasteiger partial charge in [0.25, 0.3) is 0 Å². The van der Waals surface area contributed by atoms with Crippen molar-refractivity contribution in [2.75, 3.05) is 0 Å². The van der Waals surface area contributed by atoms with Crippen molar-refractivity contribution in [1.29, 1.82) is 0 Å². The highest BCUT2D eigenvalue weighted by Crippen LogP contribution is 2.19. The van der Waals surface area contributed by atoms with E-state index in [-0.39, 0.29) is 6.04 Å². The normalized spacial score (nSPS) is 14.6. The molecule has 0 spiro atoms. The number of nitrogens with one attached hydrogen (secondary N) is 1. The van der Waals surface area contributed by atoms with Gasteiger partial charge in [-0.2, -0.15) is 0 Å². The van der Waals surface area contributed by atoms with Crippen molar-refractivity contribution in [2.45, 2.75) is 51.9 Å². The molecule has 1 aromatic rings. The Bertz CT molecular complexity index is 396. The van der Waals surface area contributed by atoms with E-state index in [0.29, 0.717) is 6.42 Å². The Labute approximate surface area is 114 Å². The van der Waals surface area contributed by atoms with Gasteiger partial charge in [0, 0.05) is 0 Å². The van der Waals surface area contributed by atoms with Crippen molar-refractivity contribution in [3.05, 3.63) is 35.9 Å². The van der Waals surface area contributed by atoms with Crippen molar-refractivity contribution in [1.82, 2.24) is 5.32 Å². The minimum Gasteiger partial charge on any atom is -0.444 e. The Hall–Kier alpha value is -1.55. The third kappa shape index (κ3) is 6.25. The molecule has 19 heavy (non-hydrogen) atoms. The highest BCUT2D eigenvalue weighted by Gasteiger charge is 2.21. The van der Waals surface area contributed by atoms with Crippen LogP contribution in [-0.4, -0.2) is 22.9 Å². The SMILES string of the molecule is CC(O)CC(NC(=O)OC(C)(C)C)c1ccccc1. The molecule has 0 aliphatic rings. The Morgan fingerprint density at radius 3 is 2.37 bits per heavy atom. The zero-order valence-electron chi connectivity index (χ0n) is 12.0. The molecule has 2 N–H and O–H groups in total. The van der Waals surface area contributed by atoms with Crippen molar-refractivity contribution in [3.8, 4) is 0 Å². The Balaban J connectivity index is 2.73. The first-order valence-electron chi connectivity index (χ1n) is 6.50. The number of rotatable bonds is 4. The van der Waals surface area contributed by atoms with Gasteiger partial charge in [-0.15, -0.1) is 0 Å². The Morgan fingerprint density at radius 2 is 1.89 bits per heavy atom. The van der Waals surface area contributed by atoms with Crippen LogP contribution in [0.25, 0.3) is 0 Å². The number of hydrogen-bond acceptors (Lipinski definition) is 3. The molecule has 0 radical (unpaired) electrons. The predicted molar refractivity (Wildman–Crippen MR) is 74.9 cm³/mol. The summed E-state index contributed by atoms with van der Waals surface area (Å²) in [5.41, 5.74) is 0.421. The number of benzene rings is 1. The van der Waals surface area contributed by atoms with Crippen LogP contribution in [0.1, 0.15) is 45.7 Å². The maximum atomic E-state index is 11.8. The standard InChI is InChI=1S/C15H23NO3/c1-11(17)10-13(12-8-6-5-7-9-12)16-14(18)19-15(2,3)4/h5-9,11,13,17H,10H2,1-4H3,(H,16,18). The number of alkyl carbamates (subject to hydrolysis) is 1. The zero-order chi connectivity index (χ0) is 14.5. The first-order valence-corrected chi connectivity index (χ1v) is 6.50. The highest BCUT2D eigenvalue weighted by atomic mass is 16.6. The fourth-order valence-electron chi connectivity index (χ4n) is 1.75. The van der Waals surface area contributed by atoms with Gasteiger partial charge in [0.2, 0.25) is 0 Å². The van der Waals surface area contributed by atoms with Crippen LogP contribution in [0, 0.1) is 0 Å². The lowest BCUT2D eigenvalue weighted by molar-refractivity contribution is 0.0486. The minimum atomic E-state index is -0.532. The molecule has 1 aromatic carbocycles. The number of ether oxygens (including phenoxy) is 1. The highest BCUT2D eigenvalue weighted by molar-refractivity contribution is 5.68. The van der Waals surface area contributed by atoms with E-state index in [1.165, 1.54) is 0 Å². The second kappa shape index (κ2) is 6.57. The van der Waals surface area contributed by atoms with Crippen LogP contribution < -0.4 is 5.32 Å². The maximum absolute atomic E-state index is 11.8. The van der Waals surface area contributed by atoms with Crippen LogP contribution in [0.3, 0.4) is 0 Å². The molecule has 0 fully saturated rings. The number of hydrogen-bond donors (Lipinski definition) is 2. The molecule has 4 heteroatoms. The third-order valence-electron chi connectivity index (χ3n) is 2.47. The molecule has 2 atom stereocenters. The maximum Gasteiger partial charge on any atom is 0.408 e. The summed E-state index contributed by atoms with van der Waals surface area (Å²) < 4.78 is 5.24. The summed E-state index contributed by atoms with van der Waals surface area (Å²) in [7, 11) is 0. The number of carbonyl (C=O) groups excluding carboxylic acids is 1. The van der Waals surface area contributed by atoms with E-state index in [9.17, 15) is 9.90 Å². The van der Waals surface area contributed by atoms with E-state index in [2.05, 4.69) is 5.32 Å². The van der Waals surface area contributed by atoms with E-state index < -0.39 is 17.8 Å². The molecular weight excluding hydrogens is 242 g/mol. The van der Waals surface area contributed by atoms with E-state index >= 15 is 0 Å². The van der Waals surface area contributed by atoms with Gasteiger partial charge < -0.3 is 15.2 Å². The van der Waals surface area contributed by atoms with Gasteiger partial charge in [0.1, 0.15) is 5.60 Å². The summed E-state index contributed by atoms with van der Waals surface area (Å²) >= 11 is 0.